The summed E-state index contributed by atoms with van der Waals surface area (Å²) in [6.07, 6.45) is 0. The third-order valence-corrected chi connectivity index (χ3v) is 3.79. The lowest BCUT2D eigenvalue weighted by Crippen LogP contribution is -2.35. The summed E-state index contributed by atoms with van der Waals surface area (Å²) in [6, 6.07) is 1.66. The van der Waals surface area contributed by atoms with E-state index in [0.717, 1.165) is 37.7 Å². The van der Waals surface area contributed by atoms with Crippen LogP contribution >= 0.6 is 22.9 Å². The van der Waals surface area contributed by atoms with Gasteiger partial charge in [-0.15, -0.1) is 11.3 Å². The molecule has 1 aromatic rings. The molecule has 0 bridgehead atoms. The summed E-state index contributed by atoms with van der Waals surface area (Å²) in [5, 5.41) is 8.87. The summed E-state index contributed by atoms with van der Waals surface area (Å²) in [6.45, 7) is 4.01. The van der Waals surface area contributed by atoms with Crippen LogP contribution in [0.15, 0.2) is 6.07 Å². The van der Waals surface area contributed by atoms with Crippen LogP contribution in [0.25, 0.3) is 0 Å². The molecule has 0 unspecified atom stereocenters. The predicted molar refractivity (Wildman–Crippen MR) is 62.4 cm³/mol. The van der Waals surface area contributed by atoms with Gasteiger partial charge in [0, 0.05) is 24.5 Å². The topological polar surface area (TPSA) is 49.8 Å². The van der Waals surface area contributed by atoms with E-state index in [9.17, 15) is 4.79 Å². The lowest BCUT2D eigenvalue weighted by atomic mass is 10.3. The molecule has 1 fully saturated rings. The van der Waals surface area contributed by atoms with E-state index in [1.165, 1.54) is 11.3 Å². The minimum atomic E-state index is -0.963. The Morgan fingerprint density at radius 2 is 2.25 bits per heavy atom. The molecule has 88 valence electrons. The number of hydrogen-bond donors (Lipinski definition) is 1. The van der Waals surface area contributed by atoms with Crippen LogP contribution in [0.1, 0.15) is 15.2 Å². The van der Waals surface area contributed by atoms with Crippen molar-refractivity contribution in [1.82, 2.24) is 4.90 Å². The molecule has 1 N–H and O–H groups in total. The second-order valence-electron chi connectivity index (χ2n) is 3.59. The van der Waals surface area contributed by atoms with Gasteiger partial charge in [-0.3, -0.25) is 4.90 Å². The van der Waals surface area contributed by atoms with E-state index in [-0.39, 0.29) is 5.56 Å². The van der Waals surface area contributed by atoms with Crippen LogP contribution in [0.2, 0.25) is 4.34 Å². The van der Waals surface area contributed by atoms with Gasteiger partial charge in [-0.2, -0.15) is 0 Å². The average Bonchev–Trinajstić information content (AvgIpc) is 2.61. The van der Waals surface area contributed by atoms with E-state index in [4.69, 9.17) is 21.4 Å². The molecular weight excluding hydrogens is 250 g/mol. The van der Waals surface area contributed by atoms with Crippen molar-refractivity contribution in [2.75, 3.05) is 26.3 Å². The fourth-order valence-electron chi connectivity index (χ4n) is 1.62. The van der Waals surface area contributed by atoms with Gasteiger partial charge in [-0.1, -0.05) is 11.6 Å². The third kappa shape index (κ3) is 2.74. The number of rotatable bonds is 3. The molecule has 0 aromatic carbocycles. The molecule has 0 aliphatic carbocycles. The number of hydrogen-bond acceptors (Lipinski definition) is 4. The molecular formula is C10H12ClNO3S. The van der Waals surface area contributed by atoms with E-state index in [1.807, 2.05) is 0 Å². The van der Waals surface area contributed by atoms with Crippen LogP contribution in [-0.4, -0.2) is 42.3 Å². The van der Waals surface area contributed by atoms with Crippen molar-refractivity contribution in [2.45, 2.75) is 6.54 Å². The summed E-state index contributed by atoms with van der Waals surface area (Å²) in [4.78, 5) is 14.0. The Hall–Kier alpha value is -0.620. The Morgan fingerprint density at radius 3 is 2.81 bits per heavy atom. The second kappa shape index (κ2) is 5.14. The molecule has 16 heavy (non-hydrogen) atoms. The van der Waals surface area contributed by atoms with Crippen molar-refractivity contribution in [2.24, 2.45) is 0 Å². The normalized spacial score (nSPS) is 17.6. The van der Waals surface area contributed by atoms with Crippen molar-refractivity contribution in [3.8, 4) is 0 Å². The lowest BCUT2D eigenvalue weighted by Gasteiger charge is -2.25. The first-order chi connectivity index (χ1) is 7.66. The number of carboxylic acid groups (broad SMARTS) is 1. The van der Waals surface area contributed by atoms with Gasteiger partial charge in [0.2, 0.25) is 0 Å². The quantitative estimate of drug-likeness (QED) is 0.903. The van der Waals surface area contributed by atoms with E-state index in [1.54, 1.807) is 6.07 Å². The molecule has 1 aliphatic heterocycles. The Balaban J connectivity index is 2.03. The van der Waals surface area contributed by atoms with Crippen molar-refractivity contribution in [3.63, 3.8) is 0 Å². The van der Waals surface area contributed by atoms with Crippen molar-refractivity contribution in [3.05, 3.63) is 20.8 Å². The molecule has 1 saturated heterocycles. The van der Waals surface area contributed by atoms with Crippen LogP contribution < -0.4 is 0 Å². The zero-order valence-corrected chi connectivity index (χ0v) is 10.2. The number of carboxylic acids is 1. The fourth-order valence-corrected chi connectivity index (χ4v) is 2.96. The number of nitrogens with zero attached hydrogens (tertiary/aromatic N) is 1. The number of thiophene rings is 1. The fraction of sp³-hybridized carbons (Fsp3) is 0.500. The van der Waals surface area contributed by atoms with Crippen molar-refractivity contribution >= 4 is 28.9 Å². The Labute approximate surface area is 102 Å². The van der Waals surface area contributed by atoms with E-state index >= 15 is 0 Å². The van der Waals surface area contributed by atoms with Gasteiger partial charge in [-0.05, 0) is 6.07 Å². The largest absolute Gasteiger partial charge is 0.478 e. The molecule has 0 spiro atoms. The van der Waals surface area contributed by atoms with Gasteiger partial charge in [0.15, 0.2) is 0 Å². The molecule has 2 rings (SSSR count). The highest BCUT2D eigenvalue weighted by Gasteiger charge is 2.16. The van der Waals surface area contributed by atoms with Crippen LogP contribution in [0.4, 0.5) is 0 Å². The Bertz CT molecular complexity index is 387. The second-order valence-corrected chi connectivity index (χ2v) is 5.33. The van der Waals surface area contributed by atoms with E-state index < -0.39 is 5.97 Å². The van der Waals surface area contributed by atoms with Gasteiger partial charge in [-0.25, -0.2) is 4.79 Å². The molecule has 6 heteroatoms. The minimum absolute atomic E-state index is 0.204. The Kier molecular flexibility index (Phi) is 3.81. The number of morpholine rings is 1. The maximum Gasteiger partial charge on any atom is 0.338 e. The third-order valence-electron chi connectivity index (χ3n) is 2.45. The standard InChI is InChI=1S/C10H12ClNO3S/c11-9-8(10(13)14)5-7(16-9)6-12-1-3-15-4-2-12/h5H,1-4,6H2,(H,13,14). The SMILES string of the molecule is O=C(O)c1cc(CN2CCOCC2)sc1Cl. The summed E-state index contributed by atoms with van der Waals surface area (Å²) in [5.74, 6) is -0.963. The highest BCUT2D eigenvalue weighted by atomic mass is 35.5. The van der Waals surface area contributed by atoms with Gasteiger partial charge in [0.05, 0.1) is 18.8 Å². The molecule has 0 saturated carbocycles. The molecule has 0 amide bonds. The molecule has 1 aromatic heterocycles. The smallest absolute Gasteiger partial charge is 0.338 e. The van der Waals surface area contributed by atoms with Gasteiger partial charge < -0.3 is 9.84 Å². The van der Waals surface area contributed by atoms with Crippen LogP contribution in [0, 0.1) is 0 Å². The number of halogens is 1. The average molecular weight is 262 g/mol. The first-order valence-corrected chi connectivity index (χ1v) is 6.18. The molecule has 0 atom stereocenters. The minimum Gasteiger partial charge on any atom is -0.478 e. The Morgan fingerprint density at radius 1 is 1.56 bits per heavy atom. The maximum atomic E-state index is 10.8. The molecule has 2 heterocycles. The zero-order chi connectivity index (χ0) is 11.5. The summed E-state index contributed by atoms with van der Waals surface area (Å²) in [5.41, 5.74) is 0.204. The first kappa shape index (κ1) is 11.9. The van der Waals surface area contributed by atoms with E-state index in [2.05, 4.69) is 4.90 Å². The summed E-state index contributed by atoms with van der Waals surface area (Å²) >= 11 is 7.19. The van der Waals surface area contributed by atoms with Crippen molar-refractivity contribution < 1.29 is 14.6 Å². The monoisotopic (exact) mass is 261 g/mol. The lowest BCUT2D eigenvalue weighted by molar-refractivity contribution is 0.0346. The summed E-state index contributed by atoms with van der Waals surface area (Å²) in [7, 11) is 0. The highest BCUT2D eigenvalue weighted by Crippen LogP contribution is 2.28. The number of carbonyl (C=O) groups is 1. The first-order valence-electron chi connectivity index (χ1n) is 4.98. The highest BCUT2D eigenvalue weighted by molar-refractivity contribution is 7.16. The number of ether oxygens (including phenoxy) is 1. The van der Waals surface area contributed by atoms with Gasteiger partial charge >= 0.3 is 5.97 Å². The zero-order valence-electron chi connectivity index (χ0n) is 8.61. The molecule has 1 aliphatic rings. The van der Waals surface area contributed by atoms with Crippen LogP contribution in [-0.2, 0) is 11.3 Å². The molecule has 0 radical (unpaired) electrons. The van der Waals surface area contributed by atoms with Gasteiger partial charge in [0.25, 0.3) is 0 Å². The maximum absolute atomic E-state index is 10.8. The van der Waals surface area contributed by atoms with Crippen LogP contribution in [0.3, 0.4) is 0 Å². The van der Waals surface area contributed by atoms with Crippen LogP contribution in [0.5, 0.6) is 0 Å². The van der Waals surface area contributed by atoms with Crippen molar-refractivity contribution in [1.29, 1.82) is 0 Å². The number of aromatic carboxylic acids is 1. The van der Waals surface area contributed by atoms with E-state index in [0.29, 0.717) is 4.34 Å². The molecule has 4 nitrogen and oxygen atoms in total. The van der Waals surface area contributed by atoms with Gasteiger partial charge in [0.1, 0.15) is 4.34 Å². The summed E-state index contributed by atoms with van der Waals surface area (Å²) < 4.78 is 5.60. The predicted octanol–water partition coefficient (Wildman–Crippen LogP) is 1.93.